The van der Waals surface area contributed by atoms with Crippen molar-refractivity contribution in [3.63, 3.8) is 0 Å². The molecule has 3 atom stereocenters. The lowest BCUT2D eigenvalue weighted by molar-refractivity contribution is -0.199. The smallest absolute Gasteiger partial charge is 0.316 e. The Morgan fingerprint density at radius 3 is 2.52 bits per heavy atom. The van der Waals surface area contributed by atoms with Gasteiger partial charge in [0.15, 0.2) is 0 Å². The van der Waals surface area contributed by atoms with Gasteiger partial charge in [-0.15, -0.1) is 0 Å². The third-order valence-corrected chi connectivity index (χ3v) is 5.30. The summed E-state index contributed by atoms with van der Waals surface area (Å²) >= 11 is 3.48. The summed E-state index contributed by atoms with van der Waals surface area (Å²) in [7, 11) is 1.77. The Kier molecular flexibility index (Phi) is 5.72. The molecule has 0 bridgehead atoms. The number of alkyl halides is 3. The summed E-state index contributed by atoms with van der Waals surface area (Å²) in [6.07, 6.45) is -0.969. The zero-order valence-corrected chi connectivity index (χ0v) is 13.7. The summed E-state index contributed by atoms with van der Waals surface area (Å²) in [6.45, 7) is 0. The van der Waals surface area contributed by atoms with Gasteiger partial charge in [-0.05, 0) is 43.9 Å². The molecule has 0 aromatic heterocycles. The molecule has 0 radical (unpaired) electrons. The molecule has 2 rings (SSSR count). The van der Waals surface area contributed by atoms with Crippen molar-refractivity contribution in [2.24, 2.45) is 11.8 Å². The Bertz CT molecular complexity index is 461. The van der Waals surface area contributed by atoms with Crippen molar-refractivity contribution in [3.05, 3.63) is 34.3 Å². The normalized spacial score (nSPS) is 24.8. The van der Waals surface area contributed by atoms with Gasteiger partial charge in [-0.3, -0.25) is 0 Å². The lowest BCUT2D eigenvalue weighted by Crippen LogP contribution is -2.45. The van der Waals surface area contributed by atoms with Gasteiger partial charge in [0.25, 0.3) is 0 Å². The number of hydrogen-bond acceptors (Lipinski definition) is 1. The van der Waals surface area contributed by atoms with Crippen LogP contribution in [0.25, 0.3) is 0 Å². The summed E-state index contributed by atoms with van der Waals surface area (Å²) in [5, 5.41) is 3.13. The lowest BCUT2D eigenvalue weighted by Gasteiger charge is -2.38. The van der Waals surface area contributed by atoms with Crippen LogP contribution in [-0.2, 0) is 6.42 Å². The van der Waals surface area contributed by atoms with Crippen molar-refractivity contribution in [1.29, 1.82) is 0 Å². The lowest BCUT2D eigenvalue weighted by atomic mass is 9.73. The van der Waals surface area contributed by atoms with Crippen LogP contribution in [0, 0.1) is 11.8 Å². The molecule has 21 heavy (non-hydrogen) atoms. The zero-order valence-electron chi connectivity index (χ0n) is 12.1. The molecule has 1 aliphatic carbocycles. The van der Waals surface area contributed by atoms with E-state index in [-0.39, 0.29) is 18.4 Å². The van der Waals surface area contributed by atoms with Crippen LogP contribution in [0.15, 0.2) is 28.7 Å². The second-order valence-electron chi connectivity index (χ2n) is 5.79. The highest BCUT2D eigenvalue weighted by atomic mass is 79.9. The van der Waals surface area contributed by atoms with Gasteiger partial charge in [-0.1, -0.05) is 47.0 Å². The maximum Gasteiger partial charge on any atom is 0.392 e. The maximum atomic E-state index is 13.3. The SMILES string of the molecule is CNC(Cc1ccccc1Br)C1CCCCC1C(F)(F)F. The molecule has 1 aliphatic rings. The predicted molar refractivity (Wildman–Crippen MR) is 82.2 cm³/mol. The summed E-state index contributed by atoms with van der Waals surface area (Å²) < 4.78 is 40.8. The molecule has 1 saturated carbocycles. The van der Waals surface area contributed by atoms with E-state index < -0.39 is 12.1 Å². The number of likely N-dealkylation sites (N-methyl/N-ethyl adjacent to an activating group) is 1. The number of nitrogens with one attached hydrogen (secondary N) is 1. The topological polar surface area (TPSA) is 12.0 Å². The highest BCUT2D eigenvalue weighted by molar-refractivity contribution is 9.10. The molecule has 0 heterocycles. The van der Waals surface area contributed by atoms with E-state index in [0.29, 0.717) is 19.3 Å². The summed E-state index contributed by atoms with van der Waals surface area (Å²) in [5.41, 5.74) is 1.06. The number of hydrogen-bond donors (Lipinski definition) is 1. The van der Waals surface area contributed by atoms with Gasteiger partial charge in [-0.25, -0.2) is 0 Å². The van der Waals surface area contributed by atoms with Crippen molar-refractivity contribution in [2.45, 2.75) is 44.3 Å². The van der Waals surface area contributed by atoms with E-state index >= 15 is 0 Å². The highest BCUT2D eigenvalue weighted by Crippen LogP contribution is 2.43. The first-order valence-electron chi connectivity index (χ1n) is 7.41. The third kappa shape index (κ3) is 4.22. The molecule has 0 amide bonds. The van der Waals surface area contributed by atoms with Crippen molar-refractivity contribution in [1.82, 2.24) is 5.32 Å². The van der Waals surface area contributed by atoms with Crippen LogP contribution in [-0.4, -0.2) is 19.3 Å². The van der Waals surface area contributed by atoms with E-state index in [1.165, 1.54) is 0 Å². The van der Waals surface area contributed by atoms with Crippen LogP contribution in [0.1, 0.15) is 31.2 Å². The second-order valence-corrected chi connectivity index (χ2v) is 6.64. The minimum atomic E-state index is -4.09. The van der Waals surface area contributed by atoms with Crippen molar-refractivity contribution >= 4 is 15.9 Å². The molecule has 1 aromatic rings. The van der Waals surface area contributed by atoms with Crippen LogP contribution in [0.2, 0.25) is 0 Å². The van der Waals surface area contributed by atoms with E-state index in [4.69, 9.17) is 0 Å². The van der Waals surface area contributed by atoms with Gasteiger partial charge in [0.2, 0.25) is 0 Å². The average molecular weight is 364 g/mol. The molecular formula is C16H21BrF3N. The molecule has 1 aromatic carbocycles. The van der Waals surface area contributed by atoms with Gasteiger partial charge >= 0.3 is 6.18 Å². The van der Waals surface area contributed by atoms with Crippen LogP contribution >= 0.6 is 15.9 Å². The standard InChI is InChI=1S/C16H21BrF3N/c1-21-15(10-11-6-2-5-9-14(11)17)12-7-3-4-8-13(12)16(18,19)20/h2,5-6,9,12-13,15,21H,3-4,7-8,10H2,1H3. The van der Waals surface area contributed by atoms with Gasteiger partial charge < -0.3 is 5.32 Å². The fraction of sp³-hybridized carbons (Fsp3) is 0.625. The first kappa shape index (κ1) is 16.8. The Morgan fingerprint density at radius 2 is 1.90 bits per heavy atom. The average Bonchev–Trinajstić information content (AvgIpc) is 2.45. The molecule has 118 valence electrons. The number of rotatable bonds is 4. The quantitative estimate of drug-likeness (QED) is 0.797. The maximum absolute atomic E-state index is 13.3. The Morgan fingerprint density at radius 1 is 1.24 bits per heavy atom. The van der Waals surface area contributed by atoms with E-state index in [9.17, 15) is 13.2 Å². The van der Waals surface area contributed by atoms with E-state index in [0.717, 1.165) is 16.5 Å². The Hall–Kier alpha value is -0.550. The molecule has 0 spiro atoms. The first-order valence-corrected chi connectivity index (χ1v) is 8.20. The highest BCUT2D eigenvalue weighted by Gasteiger charge is 2.47. The molecule has 3 unspecified atom stereocenters. The molecule has 1 N–H and O–H groups in total. The molecule has 1 fully saturated rings. The third-order valence-electron chi connectivity index (χ3n) is 4.53. The molecule has 0 saturated heterocycles. The summed E-state index contributed by atoms with van der Waals surface area (Å²) in [6, 6.07) is 7.61. The van der Waals surface area contributed by atoms with Crippen LogP contribution in [0.3, 0.4) is 0 Å². The van der Waals surface area contributed by atoms with Gasteiger partial charge in [0.1, 0.15) is 0 Å². The minimum Gasteiger partial charge on any atom is -0.316 e. The van der Waals surface area contributed by atoms with Gasteiger partial charge in [-0.2, -0.15) is 13.2 Å². The largest absolute Gasteiger partial charge is 0.392 e. The van der Waals surface area contributed by atoms with Crippen molar-refractivity contribution in [2.75, 3.05) is 7.05 Å². The van der Waals surface area contributed by atoms with Crippen LogP contribution in [0.4, 0.5) is 13.2 Å². The Balaban J connectivity index is 2.17. The van der Waals surface area contributed by atoms with Crippen LogP contribution in [0.5, 0.6) is 0 Å². The van der Waals surface area contributed by atoms with Gasteiger partial charge in [0, 0.05) is 10.5 Å². The zero-order chi connectivity index (χ0) is 15.5. The number of halogens is 4. The fourth-order valence-electron chi connectivity index (χ4n) is 3.42. The molecule has 5 heteroatoms. The van der Waals surface area contributed by atoms with E-state index in [1.54, 1.807) is 7.05 Å². The number of benzene rings is 1. The van der Waals surface area contributed by atoms with Crippen molar-refractivity contribution in [3.8, 4) is 0 Å². The minimum absolute atomic E-state index is 0.143. The molecule has 1 nitrogen and oxygen atoms in total. The monoisotopic (exact) mass is 363 g/mol. The first-order chi connectivity index (χ1) is 9.93. The molecular weight excluding hydrogens is 343 g/mol. The summed E-state index contributed by atoms with van der Waals surface area (Å²) in [4.78, 5) is 0. The van der Waals surface area contributed by atoms with E-state index in [1.807, 2.05) is 24.3 Å². The van der Waals surface area contributed by atoms with Gasteiger partial charge in [0.05, 0.1) is 5.92 Å². The fourth-order valence-corrected chi connectivity index (χ4v) is 3.86. The van der Waals surface area contributed by atoms with E-state index in [2.05, 4.69) is 21.2 Å². The van der Waals surface area contributed by atoms with Crippen LogP contribution < -0.4 is 5.32 Å². The predicted octanol–water partition coefficient (Wildman–Crippen LogP) is 4.95. The Labute approximate surface area is 132 Å². The molecule has 0 aliphatic heterocycles. The second kappa shape index (κ2) is 7.14. The summed E-state index contributed by atoms with van der Waals surface area (Å²) in [5.74, 6) is -1.51. The van der Waals surface area contributed by atoms with Crippen molar-refractivity contribution < 1.29 is 13.2 Å².